The minimum absolute atomic E-state index is 0.593. The van der Waals surface area contributed by atoms with Crippen molar-refractivity contribution in [3.8, 4) is 40.9 Å². The van der Waals surface area contributed by atoms with Gasteiger partial charge < -0.3 is 14.2 Å². The summed E-state index contributed by atoms with van der Waals surface area (Å²) in [5.74, 6) is 14.5. The third-order valence-corrected chi connectivity index (χ3v) is 4.03. The van der Waals surface area contributed by atoms with E-state index < -0.39 is 0 Å². The number of hydrogen-bond donors (Lipinski definition) is 0. The van der Waals surface area contributed by atoms with Crippen LogP contribution in [0.3, 0.4) is 0 Å². The van der Waals surface area contributed by atoms with E-state index in [1.165, 1.54) is 18.8 Å². The zero-order chi connectivity index (χ0) is 21.9. The first-order chi connectivity index (χ1) is 15.2. The molecule has 0 heterocycles. The molecule has 150 valence electrons. The van der Waals surface area contributed by atoms with E-state index in [9.17, 15) is 0 Å². The van der Waals surface area contributed by atoms with Gasteiger partial charge in [-0.2, -0.15) is 0 Å². The fourth-order valence-electron chi connectivity index (χ4n) is 2.60. The summed E-state index contributed by atoms with van der Waals surface area (Å²) in [5.41, 5.74) is 3.27. The molecule has 3 aromatic carbocycles. The molecule has 3 heteroatoms. The van der Waals surface area contributed by atoms with Crippen LogP contribution in [0.5, 0.6) is 17.2 Å². The number of hydrogen-bond acceptors (Lipinski definition) is 3. The monoisotopic (exact) mass is 404 g/mol. The zero-order valence-corrected chi connectivity index (χ0v) is 16.9. The largest absolute Gasteiger partial charge is 0.466 e. The normalized spacial score (nSPS) is 9.16. The van der Waals surface area contributed by atoms with E-state index >= 15 is 0 Å². The van der Waals surface area contributed by atoms with E-state index in [0.29, 0.717) is 17.2 Å². The first-order valence-electron chi connectivity index (χ1n) is 9.42. The van der Waals surface area contributed by atoms with Crippen LogP contribution in [0.1, 0.15) is 22.3 Å². The van der Waals surface area contributed by atoms with Crippen molar-refractivity contribution in [1.82, 2.24) is 0 Å². The van der Waals surface area contributed by atoms with Crippen molar-refractivity contribution < 1.29 is 14.2 Å². The molecule has 3 nitrogen and oxygen atoms in total. The molecule has 0 saturated heterocycles. The van der Waals surface area contributed by atoms with Crippen molar-refractivity contribution in [2.75, 3.05) is 0 Å². The molecule has 0 unspecified atom stereocenters. The van der Waals surface area contributed by atoms with Crippen LogP contribution in [0.15, 0.2) is 105 Å². The van der Waals surface area contributed by atoms with Gasteiger partial charge in [-0.3, -0.25) is 0 Å². The minimum Gasteiger partial charge on any atom is -0.466 e. The van der Waals surface area contributed by atoms with E-state index in [-0.39, 0.29) is 0 Å². The van der Waals surface area contributed by atoms with Gasteiger partial charge in [-0.15, -0.1) is 0 Å². The van der Waals surface area contributed by atoms with Gasteiger partial charge in [0.05, 0.1) is 24.3 Å². The van der Waals surface area contributed by atoms with Crippen LogP contribution in [0.2, 0.25) is 0 Å². The van der Waals surface area contributed by atoms with Crippen molar-refractivity contribution in [1.29, 1.82) is 0 Å². The number of ether oxygens (including phenoxy) is 3. The average molecular weight is 404 g/mol. The lowest BCUT2D eigenvalue weighted by Gasteiger charge is -2.04. The Labute approximate surface area is 182 Å². The standard InChI is InChI=1S/C28H20O3/c1-4-29-26-17-11-22(12-18-26)7-8-24-10-16-25(28(21-24)31-6-3)15-9-23-13-19-27(20-14-23)30-5-2/h4-6,10-14,16-21H,1-3H2. The number of rotatable bonds is 6. The average Bonchev–Trinajstić information content (AvgIpc) is 2.79. The molecule has 3 aromatic rings. The minimum atomic E-state index is 0.593. The van der Waals surface area contributed by atoms with E-state index in [1.807, 2.05) is 66.7 Å². The van der Waals surface area contributed by atoms with Crippen molar-refractivity contribution >= 4 is 0 Å². The van der Waals surface area contributed by atoms with Gasteiger partial charge in [-0.25, -0.2) is 0 Å². The summed E-state index contributed by atoms with van der Waals surface area (Å²) in [4.78, 5) is 0. The van der Waals surface area contributed by atoms with Crippen LogP contribution in [0, 0.1) is 23.7 Å². The highest BCUT2D eigenvalue weighted by molar-refractivity contribution is 5.55. The van der Waals surface area contributed by atoms with E-state index in [4.69, 9.17) is 14.2 Å². The Hall–Kier alpha value is -4.60. The Bertz CT molecular complexity index is 1200. The summed E-state index contributed by atoms with van der Waals surface area (Å²) < 4.78 is 16.0. The van der Waals surface area contributed by atoms with Gasteiger partial charge in [0.15, 0.2) is 0 Å². The fourth-order valence-corrected chi connectivity index (χ4v) is 2.60. The zero-order valence-electron chi connectivity index (χ0n) is 16.9. The molecule has 0 amide bonds. The second-order valence-electron chi connectivity index (χ2n) is 6.11. The first kappa shape index (κ1) is 21.1. The lowest BCUT2D eigenvalue weighted by Crippen LogP contribution is -1.88. The Morgan fingerprint density at radius 1 is 0.516 bits per heavy atom. The van der Waals surface area contributed by atoms with Crippen LogP contribution in [0.4, 0.5) is 0 Å². The first-order valence-corrected chi connectivity index (χ1v) is 9.42. The van der Waals surface area contributed by atoms with E-state index in [0.717, 1.165) is 22.3 Å². The highest BCUT2D eigenvalue weighted by Crippen LogP contribution is 2.20. The van der Waals surface area contributed by atoms with Gasteiger partial charge in [-0.1, -0.05) is 43.4 Å². The molecule has 0 saturated carbocycles. The molecule has 0 fully saturated rings. The van der Waals surface area contributed by atoms with Crippen LogP contribution in [-0.4, -0.2) is 0 Å². The molecule has 0 bridgehead atoms. The summed E-state index contributed by atoms with van der Waals surface area (Å²) in [5, 5.41) is 0. The van der Waals surface area contributed by atoms with Gasteiger partial charge in [0.1, 0.15) is 17.2 Å². The fraction of sp³-hybridized carbons (Fsp3) is 0. The topological polar surface area (TPSA) is 27.7 Å². The molecule has 0 radical (unpaired) electrons. The van der Waals surface area contributed by atoms with Crippen LogP contribution < -0.4 is 14.2 Å². The molecule has 0 aliphatic rings. The summed E-state index contributed by atoms with van der Waals surface area (Å²) in [7, 11) is 0. The van der Waals surface area contributed by atoms with Crippen molar-refractivity contribution in [3.05, 3.63) is 128 Å². The third-order valence-electron chi connectivity index (χ3n) is 4.03. The Balaban J connectivity index is 1.81. The van der Waals surface area contributed by atoms with Gasteiger partial charge >= 0.3 is 0 Å². The highest BCUT2D eigenvalue weighted by Gasteiger charge is 2.02. The molecule has 0 spiro atoms. The SMILES string of the molecule is C=COc1ccc(C#Cc2ccc(C#Cc3ccc(OC=C)cc3)c(OC=C)c2)cc1. The third kappa shape index (κ3) is 6.19. The smallest absolute Gasteiger partial charge is 0.143 e. The lowest BCUT2D eigenvalue weighted by atomic mass is 10.1. The van der Waals surface area contributed by atoms with Gasteiger partial charge in [0, 0.05) is 16.7 Å². The van der Waals surface area contributed by atoms with Gasteiger partial charge in [0.25, 0.3) is 0 Å². The van der Waals surface area contributed by atoms with Crippen LogP contribution in [0.25, 0.3) is 0 Å². The predicted molar refractivity (Wildman–Crippen MR) is 124 cm³/mol. The molecule has 0 aromatic heterocycles. The molecule has 31 heavy (non-hydrogen) atoms. The molecule has 0 aliphatic heterocycles. The van der Waals surface area contributed by atoms with E-state index in [2.05, 4.69) is 43.4 Å². The maximum atomic E-state index is 5.55. The second kappa shape index (κ2) is 10.8. The maximum absolute atomic E-state index is 5.55. The Kier molecular flexibility index (Phi) is 7.36. The second-order valence-corrected chi connectivity index (χ2v) is 6.11. The molecule has 0 atom stereocenters. The lowest BCUT2D eigenvalue weighted by molar-refractivity contribution is 0.482. The van der Waals surface area contributed by atoms with Gasteiger partial charge in [-0.05, 0) is 66.7 Å². The molecule has 0 aliphatic carbocycles. The summed E-state index contributed by atoms with van der Waals surface area (Å²) >= 11 is 0. The van der Waals surface area contributed by atoms with E-state index in [1.54, 1.807) is 0 Å². The molecule has 3 rings (SSSR count). The molecular weight excluding hydrogens is 384 g/mol. The predicted octanol–water partition coefficient (Wildman–Crippen LogP) is 6.05. The van der Waals surface area contributed by atoms with Crippen molar-refractivity contribution in [3.63, 3.8) is 0 Å². The highest BCUT2D eigenvalue weighted by atomic mass is 16.5. The molecule has 0 N–H and O–H groups in total. The quantitative estimate of drug-likeness (QED) is 0.370. The molecular formula is C28H20O3. The van der Waals surface area contributed by atoms with Crippen molar-refractivity contribution in [2.45, 2.75) is 0 Å². The Morgan fingerprint density at radius 2 is 0.968 bits per heavy atom. The van der Waals surface area contributed by atoms with Crippen LogP contribution >= 0.6 is 0 Å². The summed E-state index contributed by atoms with van der Waals surface area (Å²) in [6.45, 7) is 10.7. The summed E-state index contributed by atoms with van der Waals surface area (Å²) in [6, 6.07) is 20.5. The van der Waals surface area contributed by atoms with Gasteiger partial charge in [0.2, 0.25) is 0 Å². The number of benzene rings is 3. The maximum Gasteiger partial charge on any atom is 0.143 e. The van der Waals surface area contributed by atoms with Crippen molar-refractivity contribution in [2.24, 2.45) is 0 Å². The summed E-state index contributed by atoms with van der Waals surface area (Å²) in [6.07, 6.45) is 4.15. The Morgan fingerprint density at radius 3 is 1.48 bits per heavy atom. The van der Waals surface area contributed by atoms with Crippen LogP contribution in [-0.2, 0) is 0 Å².